The van der Waals surface area contributed by atoms with Gasteiger partial charge in [-0.05, 0) is 49.2 Å². The molecule has 1 saturated heterocycles. The molecule has 2 aromatic rings. The summed E-state index contributed by atoms with van der Waals surface area (Å²) in [4.78, 5) is 31.9. The third-order valence-electron chi connectivity index (χ3n) is 5.46. The van der Waals surface area contributed by atoms with Crippen LogP contribution in [0.1, 0.15) is 32.1 Å². The average molecular weight is 478 g/mol. The normalized spacial score (nSPS) is 20.1. The number of hydrogen-bond donors (Lipinski definition) is 1. The molecule has 0 spiro atoms. The Labute approximate surface area is 193 Å². The maximum Gasteiger partial charge on any atom is 0.387 e. The van der Waals surface area contributed by atoms with Gasteiger partial charge in [0.1, 0.15) is 16.8 Å². The third-order valence-corrected chi connectivity index (χ3v) is 6.61. The predicted molar refractivity (Wildman–Crippen MR) is 120 cm³/mol. The smallest absolute Gasteiger partial charge is 0.387 e. The number of aliphatic imine (C=N–C) groups is 1. The van der Waals surface area contributed by atoms with E-state index in [1.54, 1.807) is 11.0 Å². The lowest BCUT2D eigenvalue weighted by Gasteiger charge is -2.23. The summed E-state index contributed by atoms with van der Waals surface area (Å²) in [6, 6.07) is 11.7. The zero-order valence-electron chi connectivity index (χ0n) is 17.5. The molecule has 174 valence electrons. The van der Waals surface area contributed by atoms with Gasteiger partial charge in [0.05, 0.1) is 11.4 Å². The fourth-order valence-corrected chi connectivity index (χ4v) is 5.15. The number of hydrogen-bond acceptors (Lipinski definition) is 5. The van der Waals surface area contributed by atoms with Crippen molar-refractivity contribution in [3.8, 4) is 5.75 Å². The summed E-state index contributed by atoms with van der Waals surface area (Å²) in [6.45, 7) is -2.92. The zero-order chi connectivity index (χ0) is 23.4. The number of carbonyl (C=O) groups excluding carboxylic acids is 2. The molecule has 2 aromatic carbocycles. The first-order valence-corrected chi connectivity index (χ1v) is 11.5. The molecule has 1 heterocycles. The van der Waals surface area contributed by atoms with Crippen molar-refractivity contribution in [1.29, 1.82) is 0 Å². The summed E-state index contributed by atoms with van der Waals surface area (Å²) in [6.07, 6.45) is 3.58. The summed E-state index contributed by atoms with van der Waals surface area (Å²) in [7, 11) is 0. The minimum Gasteiger partial charge on any atom is -0.435 e. The van der Waals surface area contributed by atoms with Gasteiger partial charge in [-0.25, -0.2) is 9.38 Å². The van der Waals surface area contributed by atoms with E-state index in [9.17, 15) is 22.8 Å². The molecular formula is C23H22F3N3O3S. The van der Waals surface area contributed by atoms with Gasteiger partial charge in [-0.15, -0.1) is 0 Å². The molecule has 1 saturated carbocycles. The Bertz CT molecular complexity index is 1040. The van der Waals surface area contributed by atoms with Crippen LogP contribution in [0.4, 0.5) is 24.5 Å². The highest BCUT2D eigenvalue weighted by atomic mass is 32.2. The molecule has 4 rings (SSSR count). The van der Waals surface area contributed by atoms with Crippen molar-refractivity contribution in [3.05, 3.63) is 54.3 Å². The Balaban J connectivity index is 1.51. The molecule has 0 radical (unpaired) electrons. The molecule has 2 aliphatic rings. The number of amides is 2. The van der Waals surface area contributed by atoms with Crippen LogP contribution >= 0.6 is 11.8 Å². The van der Waals surface area contributed by atoms with E-state index in [1.165, 1.54) is 54.2 Å². The quantitative estimate of drug-likeness (QED) is 0.585. The number of thioether (sulfide) groups is 1. The number of nitrogens with one attached hydrogen (secondary N) is 1. The van der Waals surface area contributed by atoms with E-state index < -0.39 is 23.6 Å². The van der Waals surface area contributed by atoms with Crippen LogP contribution in [0.2, 0.25) is 0 Å². The summed E-state index contributed by atoms with van der Waals surface area (Å²) in [5.41, 5.74) is 0.539. The van der Waals surface area contributed by atoms with Gasteiger partial charge in [0, 0.05) is 12.5 Å². The lowest BCUT2D eigenvalue weighted by molar-refractivity contribution is -0.129. The van der Waals surface area contributed by atoms with Gasteiger partial charge >= 0.3 is 6.61 Å². The van der Waals surface area contributed by atoms with Crippen molar-refractivity contribution in [1.82, 2.24) is 4.90 Å². The van der Waals surface area contributed by atoms with Crippen LogP contribution in [0.5, 0.6) is 5.75 Å². The summed E-state index contributed by atoms with van der Waals surface area (Å²) in [5.74, 6) is -1.20. The molecule has 1 aliphatic carbocycles. The molecule has 33 heavy (non-hydrogen) atoms. The Morgan fingerprint density at radius 1 is 1.15 bits per heavy atom. The number of alkyl halides is 2. The lowest BCUT2D eigenvalue weighted by atomic mass is 10.2. The highest BCUT2D eigenvalue weighted by molar-refractivity contribution is 8.15. The molecule has 0 aromatic heterocycles. The Morgan fingerprint density at radius 3 is 2.52 bits per heavy atom. The largest absolute Gasteiger partial charge is 0.435 e. The highest BCUT2D eigenvalue weighted by Crippen LogP contribution is 2.37. The number of amidine groups is 1. The first kappa shape index (κ1) is 23.2. The fraction of sp³-hybridized carbons (Fsp3) is 0.348. The van der Waals surface area contributed by atoms with E-state index in [-0.39, 0.29) is 29.8 Å². The molecule has 0 bridgehead atoms. The SMILES string of the molecule is O=C(C[C@@H]1SC(=Nc2ccc(OC(F)F)cc2)N(C2CCCC2)C1=O)Nc1ccccc1F. The van der Waals surface area contributed by atoms with E-state index in [0.717, 1.165) is 25.7 Å². The number of nitrogens with zero attached hydrogens (tertiary/aromatic N) is 2. The molecule has 1 aliphatic heterocycles. The standard InChI is InChI=1S/C23H22F3N3O3S/c24-17-7-3-4-8-18(17)28-20(30)13-19-21(31)29(15-5-1-2-6-15)23(33-19)27-14-9-11-16(12-10-14)32-22(25)26/h3-4,7-12,15,19,22H,1-2,5-6,13H2,(H,28,30)/t19-/m0/s1. The maximum absolute atomic E-state index is 13.8. The molecule has 6 nitrogen and oxygen atoms in total. The van der Waals surface area contributed by atoms with Crippen LogP contribution in [0.3, 0.4) is 0 Å². The minimum atomic E-state index is -2.92. The average Bonchev–Trinajstić information content (AvgIpc) is 3.39. The lowest BCUT2D eigenvalue weighted by Crippen LogP contribution is -2.40. The second-order valence-corrected chi connectivity index (χ2v) is 8.92. The van der Waals surface area contributed by atoms with Gasteiger partial charge in [-0.3, -0.25) is 14.5 Å². The van der Waals surface area contributed by atoms with Crippen LogP contribution in [-0.2, 0) is 9.59 Å². The van der Waals surface area contributed by atoms with E-state index in [2.05, 4.69) is 15.0 Å². The van der Waals surface area contributed by atoms with E-state index >= 15 is 0 Å². The van der Waals surface area contributed by atoms with Crippen LogP contribution in [-0.4, -0.2) is 39.8 Å². The first-order valence-electron chi connectivity index (χ1n) is 10.6. The molecule has 2 fully saturated rings. The molecule has 1 atom stereocenters. The number of ether oxygens (including phenoxy) is 1. The first-order chi connectivity index (χ1) is 15.9. The highest BCUT2D eigenvalue weighted by Gasteiger charge is 2.43. The number of halogens is 3. The molecular weight excluding hydrogens is 455 g/mol. The van der Waals surface area contributed by atoms with Crippen molar-refractivity contribution in [2.24, 2.45) is 4.99 Å². The number of anilines is 1. The van der Waals surface area contributed by atoms with E-state index in [1.807, 2.05) is 0 Å². The van der Waals surface area contributed by atoms with Crippen molar-refractivity contribution in [2.75, 3.05) is 5.32 Å². The minimum absolute atomic E-state index is 0.00446. The van der Waals surface area contributed by atoms with Crippen LogP contribution in [0, 0.1) is 5.82 Å². The van der Waals surface area contributed by atoms with Gasteiger partial charge in [-0.1, -0.05) is 36.7 Å². The van der Waals surface area contributed by atoms with Crippen LogP contribution in [0.15, 0.2) is 53.5 Å². The molecule has 2 amide bonds. The van der Waals surface area contributed by atoms with Crippen LogP contribution < -0.4 is 10.1 Å². The summed E-state index contributed by atoms with van der Waals surface area (Å²) < 4.78 is 42.9. The van der Waals surface area contributed by atoms with Crippen molar-refractivity contribution < 1.29 is 27.5 Å². The Kier molecular flexibility index (Phi) is 7.22. The van der Waals surface area contributed by atoms with Crippen molar-refractivity contribution in [3.63, 3.8) is 0 Å². The number of carbonyl (C=O) groups is 2. The predicted octanol–water partition coefficient (Wildman–Crippen LogP) is 5.33. The maximum atomic E-state index is 13.8. The van der Waals surface area contributed by atoms with Gasteiger partial charge in [0.15, 0.2) is 5.17 Å². The molecule has 0 unspecified atom stereocenters. The number of rotatable bonds is 7. The number of benzene rings is 2. The van der Waals surface area contributed by atoms with E-state index in [4.69, 9.17) is 0 Å². The summed E-state index contributed by atoms with van der Waals surface area (Å²) in [5, 5.41) is 2.30. The summed E-state index contributed by atoms with van der Waals surface area (Å²) >= 11 is 1.19. The molecule has 1 N–H and O–H groups in total. The second-order valence-electron chi connectivity index (χ2n) is 7.75. The van der Waals surface area contributed by atoms with Gasteiger partial charge < -0.3 is 10.1 Å². The van der Waals surface area contributed by atoms with Gasteiger partial charge in [0.25, 0.3) is 0 Å². The fourth-order valence-electron chi connectivity index (χ4n) is 3.94. The third kappa shape index (κ3) is 5.68. The second kappa shape index (κ2) is 10.3. The van der Waals surface area contributed by atoms with E-state index in [0.29, 0.717) is 10.9 Å². The monoisotopic (exact) mass is 477 g/mol. The molecule has 10 heteroatoms. The van der Waals surface area contributed by atoms with Crippen molar-refractivity contribution in [2.45, 2.75) is 50.0 Å². The number of para-hydroxylation sites is 1. The topological polar surface area (TPSA) is 71.0 Å². The van der Waals surface area contributed by atoms with Crippen molar-refractivity contribution >= 4 is 40.1 Å². The van der Waals surface area contributed by atoms with Crippen LogP contribution in [0.25, 0.3) is 0 Å². The zero-order valence-corrected chi connectivity index (χ0v) is 18.4. The van der Waals surface area contributed by atoms with Gasteiger partial charge in [0.2, 0.25) is 11.8 Å². The Morgan fingerprint density at radius 2 is 1.85 bits per heavy atom. The van der Waals surface area contributed by atoms with Gasteiger partial charge in [-0.2, -0.15) is 8.78 Å². The Hall–Kier alpha value is -3.01.